The molecule has 1 aromatic rings. The standard InChI is InChI=1S/C14H27N5/c1-18(2)14(8-4-5-9-14)13(17-15)7-6-12-10-16-19(3)11-12/h10-11,13,17H,4-9,15H2,1-3H3. The van der Waals surface area contributed by atoms with Crippen molar-refractivity contribution in [3.8, 4) is 0 Å². The Kier molecular flexibility index (Phi) is 4.60. The second kappa shape index (κ2) is 6.03. The van der Waals surface area contributed by atoms with Gasteiger partial charge in [-0.1, -0.05) is 12.8 Å². The fourth-order valence-corrected chi connectivity index (χ4v) is 3.51. The lowest BCUT2D eigenvalue weighted by Gasteiger charge is -2.43. The Labute approximate surface area is 116 Å². The molecule has 1 aliphatic carbocycles. The molecule has 1 fully saturated rings. The van der Waals surface area contributed by atoms with Crippen LogP contribution in [0.25, 0.3) is 0 Å². The summed E-state index contributed by atoms with van der Waals surface area (Å²) in [5, 5.41) is 4.22. The third-order valence-corrected chi connectivity index (χ3v) is 4.69. The molecule has 1 heterocycles. The molecule has 0 saturated heterocycles. The van der Waals surface area contributed by atoms with Crippen LogP contribution in [0.15, 0.2) is 12.4 Å². The molecule has 0 spiro atoms. The molecule has 1 saturated carbocycles. The summed E-state index contributed by atoms with van der Waals surface area (Å²) in [5.41, 5.74) is 4.58. The highest BCUT2D eigenvalue weighted by molar-refractivity contribution is 5.07. The van der Waals surface area contributed by atoms with E-state index in [0.29, 0.717) is 6.04 Å². The molecule has 5 heteroatoms. The second-order valence-electron chi connectivity index (χ2n) is 5.99. The van der Waals surface area contributed by atoms with Crippen LogP contribution in [-0.2, 0) is 13.5 Å². The smallest absolute Gasteiger partial charge is 0.0521 e. The van der Waals surface area contributed by atoms with Gasteiger partial charge in [0.05, 0.1) is 6.20 Å². The van der Waals surface area contributed by atoms with Crippen molar-refractivity contribution in [1.82, 2.24) is 20.1 Å². The van der Waals surface area contributed by atoms with Crippen LogP contribution in [-0.4, -0.2) is 40.4 Å². The number of hydrazine groups is 1. The normalized spacial score (nSPS) is 20.1. The van der Waals surface area contributed by atoms with Gasteiger partial charge in [0, 0.05) is 24.8 Å². The maximum Gasteiger partial charge on any atom is 0.0521 e. The molecule has 0 aromatic carbocycles. The zero-order chi connectivity index (χ0) is 13.9. The van der Waals surface area contributed by atoms with Crippen LogP contribution in [0, 0.1) is 0 Å². The van der Waals surface area contributed by atoms with Gasteiger partial charge in [-0.15, -0.1) is 0 Å². The summed E-state index contributed by atoms with van der Waals surface area (Å²) in [4.78, 5) is 2.37. The van der Waals surface area contributed by atoms with Crippen molar-refractivity contribution in [2.45, 2.75) is 50.1 Å². The fourth-order valence-electron chi connectivity index (χ4n) is 3.51. The number of hydrogen-bond donors (Lipinski definition) is 2. The Morgan fingerprint density at radius 1 is 1.47 bits per heavy atom. The molecule has 1 atom stereocenters. The molecule has 1 unspecified atom stereocenters. The van der Waals surface area contributed by atoms with Crippen LogP contribution >= 0.6 is 0 Å². The Balaban J connectivity index is 2.02. The summed E-state index contributed by atoms with van der Waals surface area (Å²) in [7, 11) is 6.32. The molecule has 5 nitrogen and oxygen atoms in total. The molecule has 0 aliphatic heterocycles. The second-order valence-corrected chi connectivity index (χ2v) is 5.99. The molecule has 0 radical (unpaired) electrons. The molecule has 0 amide bonds. The molecule has 19 heavy (non-hydrogen) atoms. The number of aromatic nitrogens is 2. The average Bonchev–Trinajstić information content (AvgIpc) is 3.00. The Bertz CT molecular complexity index is 392. The van der Waals surface area contributed by atoms with Crippen molar-refractivity contribution in [3.05, 3.63) is 18.0 Å². The number of likely N-dealkylation sites (N-methyl/N-ethyl adjacent to an activating group) is 1. The zero-order valence-electron chi connectivity index (χ0n) is 12.4. The van der Waals surface area contributed by atoms with Crippen LogP contribution in [0.3, 0.4) is 0 Å². The predicted molar refractivity (Wildman–Crippen MR) is 77.5 cm³/mol. The van der Waals surface area contributed by atoms with E-state index in [2.05, 4.69) is 35.7 Å². The highest BCUT2D eigenvalue weighted by atomic mass is 15.3. The third kappa shape index (κ3) is 2.99. The van der Waals surface area contributed by atoms with Crippen molar-refractivity contribution in [3.63, 3.8) is 0 Å². The van der Waals surface area contributed by atoms with Crippen molar-refractivity contribution in [2.75, 3.05) is 14.1 Å². The fraction of sp³-hybridized carbons (Fsp3) is 0.786. The van der Waals surface area contributed by atoms with E-state index in [1.807, 2.05) is 17.9 Å². The van der Waals surface area contributed by atoms with Crippen molar-refractivity contribution < 1.29 is 0 Å². The van der Waals surface area contributed by atoms with Gasteiger partial charge in [0.2, 0.25) is 0 Å². The SMILES string of the molecule is CN(C)C1(C(CCc2cnn(C)c2)NN)CCCC1. The van der Waals surface area contributed by atoms with Gasteiger partial charge in [-0.2, -0.15) is 5.10 Å². The molecule has 2 rings (SSSR count). The van der Waals surface area contributed by atoms with Gasteiger partial charge in [0.1, 0.15) is 0 Å². The maximum absolute atomic E-state index is 5.85. The van der Waals surface area contributed by atoms with Crippen LogP contribution in [0.5, 0.6) is 0 Å². The van der Waals surface area contributed by atoms with E-state index in [0.717, 1.165) is 12.8 Å². The Morgan fingerprint density at radius 2 is 2.16 bits per heavy atom. The quantitative estimate of drug-likeness (QED) is 0.596. The molecule has 0 bridgehead atoms. The van der Waals surface area contributed by atoms with Crippen LogP contribution in [0.4, 0.5) is 0 Å². The third-order valence-electron chi connectivity index (χ3n) is 4.69. The molecular weight excluding hydrogens is 238 g/mol. The maximum atomic E-state index is 5.85. The zero-order valence-corrected chi connectivity index (χ0v) is 12.4. The molecule has 108 valence electrons. The number of nitrogens with zero attached hydrogens (tertiary/aromatic N) is 3. The van der Waals surface area contributed by atoms with E-state index < -0.39 is 0 Å². The number of aryl methyl sites for hydroxylation is 2. The average molecular weight is 265 g/mol. The number of nitrogens with two attached hydrogens (primary N) is 1. The summed E-state index contributed by atoms with van der Waals surface area (Å²) < 4.78 is 1.86. The topological polar surface area (TPSA) is 59.1 Å². The number of hydrogen-bond acceptors (Lipinski definition) is 4. The van der Waals surface area contributed by atoms with E-state index in [-0.39, 0.29) is 5.54 Å². The van der Waals surface area contributed by atoms with Gasteiger partial charge < -0.3 is 4.90 Å². The number of rotatable bonds is 6. The van der Waals surface area contributed by atoms with Gasteiger partial charge in [-0.25, -0.2) is 0 Å². The largest absolute Gasteiger partial charge is 0.302 e. The van der Waals surface area contributed by atoms with Crippen molar-refractivity contribution in [2.24, 2.45) is 12.9 Å². The van der Waals surface area contributed by atoms with Gasteiger partial charge in [0.25, 0.3) is 0 Å². The van der Waals surface area contributed by atoms with Gasteiger partial charge in [-0.05, 0) is 45.3 Å². The van der Waals surface area contributed by atoms with Gasteiger partial charge in [0.15, 0.2) is 0 Å². The monoisotopic (exact) mass is 265 g/mol. The summed E-state index contributed by atoms with van der Waals surface area (Å²) in [6, 6.07) is 0.338. The predicted octanol–water partition coefficient (Wildman–Crippen LogP) is 1.06. The lowest BCUT2D eigenvalue weighted by atomic mass is 9.84. The molecule has 1 aromatic heterocycles. The van der Waals surface area contributed by atoms with E-state index in [4.69, 9.17) is 5.84 Å². The minimum absolute atomic E-state index is 0.219. The van der Waals surface area contributed by atoms with E-state index in [1.165, 1.54) is 31.2 Å². The summed E-state index contributed by atoms with van der Waals surface area (Å²) in [6.07, 6.45) is 11.2. The first-order valence-electron chi connectivity index (χ1n) is 7.19. The highest BCUT2D eigenvalue weighted by Crippen LogP contribution is 2.37. The first-order chi connectivity index (χ1) is 9.08. The Hall–Kier alpha value is -0.910. The number of nitrogens with one attached hydrogen (secondary N) is 1. The van der Waals surface area contributed by atoms with Gasteiger partial charge >= 0.3 is 0 Å². The summed E-state index contributed by atoms with van der Waals surface area (Å²) >= 11 is 0. The van der Waals surface area contributed by atoms with Crippen molar-refractivity contribution >= 4 is 0 Å². The van der Waals surface area contributed by atoms with Crippen LogP contribution in [0.1, 0.15) is 37.7 Å². The lowest BCUT2D eigenvalue weighted by molar-refractivity contribution is 0.100. The highest BCUT2D eigenvalue weighted by Gasteiger charge is 2.42. The van der Waals surface area contributed by atoms with E-state index in [9.17, 15) is 0 Å². The minimum Gasteiger partial charge on any atom is -0.302 e. The lowest BCUT2D eigenvalue weighted by Crippen LogP contribution is -2.59. The van der Waals surface area contributed by atoms with E-state index >= 15 is 0 Å². The van der Waals surface area contributed by atoms with E-state index in [1.54, 1.807) is 0 Å². The first kappa shape index (κ1) is 14.5. The molecule has 1 aliphatic rings. The van der Waals surface area contributed by atoms with Crippen molar-refractivity contribution in [1.29, 1.82) is 0 Å². The Morgan fingerprint density at radius 3 is 2.63 bits per heavy atom. The van der Waals surface area contributed by atoms with Crippen LogP contribution in [0.2, 0.25) is 0 Å². The van der Waals surface area contributed by atoms with Crippen LogP contribution < -0.4 is 11.3 Å². The minimum atomic E-state index is 0.219. The summed E-state index contributed by atoms with van der Waals surface area (Å²) in [6.45, 7) is 0. The summed E-state index contributed by atoms with van der Waals surface area (Å²) in [5.74, 6) is 5.85. The van der Waals surface area contributed by atoms with Gasteiger partial charge in [-0.3, -0.25) is 16.0 Å². The first-order valence-corrected chi connectivity index (χ1v) is 7.19. The molecule has 3 N–H and O–H groups in total. The molecular formula is C14H27N5.